The van der Waals surface area contributed by atoms with Crippen LogP contribution in [0.2, 0.25) is 0 Å². The van der Waals surface area contributed by atoms with Crippen molar-refractivity contribution in [2.75, 3.05) is 36.8 Å². The molecule has 19 heavy (non-hydrogen) atoms. The monoisotopic (exact) mass is 276 g/mol. The third-order valence-electron chi connectivity index (χ3n) is 3.19. The van der Waals surface area contributed by atoms with Crippen LogP contribution in [0.4, 0.5) is 10.9 Å². The van der Waals surface area contributed by atoms with Crippen molar-refractivity contribution in [2.45, 2.75) is 6.54 Å². The number of rotatable bonds is 3. The SMILES string of the molecule is Nc1nnc(CN2CCN(c3ccccn3)CC2)s1. The topological polar surface area (TPSA) is 71.2 Å². The Bertz CT molecular complexity index is 520. The number of anilines is 2. The number of hydrogen-bond acceptors (Lipinski definition) is 7. The molecule has 0 amide bonds. The summed E-state index contributed by atoms with van der Waals surface area (Å²) in [6.45, 7) is 4.84. The van der Waals surface area contributed by atoms with Crippen molar-refractivity contribution >= 4 is 22.3 Å². The number of nitrogens with zero attached hydrogens (tertiary/aromatic N) is 5. The summed E-state index contributed by atoms with van der Waals surface area (Å²) in [5.41, 5.74) is 5.59. The van der Waals surface area contributed by atoms with Crippen molar-refractivity contribution in [3.8, 4) is 0 Å². The van der Waals surface area contributed by atoms with Crippen molar-refractivity contribution in [1.29, 1.82) is 0 Å². The highest BCUT2D eigenvalue weighted by molar-refractivity contribution is 7.15. The van der Waals surface area contributed by atoms with Crippen molar-refractivity contribution in [3.63, 3.8) is 0 Å². The van der Waals surface area contributed by atoms with E-state index in [0.717, 1.165) is 43.5 Å². The molecule has 3 rings (SSSR count). The van der Waals surface area contributed by atoms with E-state index in [4.69, 9.17) is 5.73 Å². The molecule has 0 bridgehead atoms. The first-order chi connectivity index (χ1) is 9.31. The van der Waals surface area contributed by atoms with Crippen molar-refractivity contribution in [2.24, 2.45) is 0 Å². The van der Waals surface area contributed by atoms with Gasteiger partial charge in [-0.3, -0.25) is 4.90 Å². The van der Waals surface area contributed by atoms with Crippen LogP contribution in [0.1, 0.15) is 5.01 Å². The molecule has 0 saturated carbocycles. The normalized spacial score (nSPS) is 16.7. The predicted octanol–water partition coefficient (Wildman–Crippen LogP) is 0.837. The summed E-state index contributed by atoms with van der Waals surface area (Å²) in [7, 11) is 0. The lowest BCUT2D eigenvalue weighted by Gasteiger charge is -2.34. The van der Waals surface area contributed by atoms with E-state index in [1.807, 2.05) is 18.3 Å². The van der Waals surface area contributed by atoms with E-state index in [-0.39, 0.29) is 0 Å². The number of aromatic nitrogens is 3. The number of nitrogen functional groups attached to an aromatic ring is 1. The first-order valence-corrected chi connectivity index (χ1v) is 7.09. The molecule has 3 heterocycles. The lowest BCUT2D eigenvalue weighted by Crippen LogP contribution is -2.46. The van der Waals surface area contributed by atoms with Crippen LogP contribution in [0, 0.1) is 0 Å². The van der Waals surface area contributed by atoms with Gasteiger partial charge in [-0.1, -0.05) is 17.4 Å². The van der Waals surface area contributed by atoms with Gasteiger partial charge in [-0.15, -0.1) is 10.2 Å². The summed E-state index contributed by atoms with van der Waals surface area (Å²) in [5, 5.41) is 9.44. The molecule has 1 aliphatic heterocycles. The van der Waals surface area contributed by atoms with E-state index in [1.54, 1.807) is 0 Å². The van der Waals surface area contributed by atoms with Crippen LogP contribution < -0.4 is 10.6 Å². The Morgan fingerprint density at radius 2 is 2.00 bits per heavy atom. The lowest BCUT2D eigenvalue weighted by atomic mass is 10.3. The molecule has 0 aliphatic carbocycles. The van der Waals surface area contributed by atoms with E-state index in [0.29, 0.717) is 5.13 Å². The molecule has 7 heteroatoms. The van der Waals surface area contributed by atoms with Crippen LogP contribution in [0.3, 0.4) is 0 Å². The van der Waals surface area contributed by atoms with E-state index < -0.39 is 0 Å². The van der Waals surface area contributed by atoms with E-state index in [1.165, 1.54) is 11.3 Å². The molecule has 1 saturated heterocycles. The van der Waals surface area contributed by atoms with E-state index in [2.05, 4.69) is 31.0 Å². The quantitative estimate of drug-likeness (QED) is 0.895. The molecule has 1 fully saturated rings. The summed E-state index contributed by atoms with van der Waals surface area (Å²) in [5.74, 6) is 1.06. The molecule has 0 radical (unpaired) electrons. The molecule has 0 spiro atoms. The Kier molecular flexibility index (Phi) is 3.56. The van der Waals surface area contributed by atoms with Crippen LogP contribution >= 0.6 is 11.3 Å². The molecule has 2 aromatic rings. The van der Waals surface area contributed by atoms with Gasteiger partial charge in [0.05, 0.1) is 6.54 Å². The Hall–Kier alpha value is -1.73. The van der Waals surface area contributed by atoms with Crippen LogP contribution in [0.5, 0.6) is 0 Å². The number of piperazine rings is 1. The molecule has 0 aromatic carbocycles. The summed E-state index contributed by atoms with van der Waals surface area (Å²) in [6.07, 6.45) is 1.84. The van der Waals surface area contributed by atoms with Gasteiger partial charge in [0.2, 0.25) is 5.13 Å². The molecular formula is C12H16N6S. The molecule has 2 N–H and O–H groups in total. The Morgan fingerprint density at radius 3 is 2.63 bits per heavy atom. The maximum Gasteiger partial charge on any atom is 0.203 e. The number of nitrogens with two attached hydrogens (primary N) is 1. The fourth-order valence-corrected chi connectivity index (χ4v) is 2.85. The Morgan fingerprint density at radius 1 is 1.16 bits per heavy atom. The average molecular weight is 276 g/mol. The smallest absolute Gasteiger partial charge is 0.203 e. The third-order valence-corrected chi connectivity index (χ3v) is 3.92. The molecule has 0 unspecified atom stereocenters. The van der Waals surface area contributed by atoms with Gasteiger partial charge in [0.15, 0.2) is 0 Å². The zero-order valence-corrected chi connectivity index (χ0v) is 11.4. The van der Waals surface area contributed by atoms with Gasteiger partial charge >= 0.3 is 0 Å². The molecule has 6 nitrogen and oxygen atoms in total. The third kappa shape index (κ3) is 2.99. The Balaban J connectivity index is 1.55. The van der Waals surface area contributed by atoms with Gasteiger partial charge in [0.1, 0.15) is 10.8 Å². The first-order valence-electron chi connectivity index (χ1n) is 6.27. The summed E-state index contributed by atoms with van der Waals surface area (Å²) >= 11 is 1.47. The predicted molar refractivity (Wildman–Crippen MR) is 76.0 cm³/mol. The second-order valence-electron chi connectivity index (χ2n) is 4.49. The van der Waals surface area contributed by atoms with Crippen LogP contribution in [-0.2, 0) is 6.54 Å². The van der Waals surface area contributed by atoms with Gasteiger partial charge in [0, 0.05) is 32.4 Å². The minimum absolute atomic E-state index is 0.544. The van der Waals surface area contributed by atoms with Gasteiger partial charge in [-0.05, 0) is 12.1 Å². The van der Waals surface area contributed by atoms with Crippen molar-refractivity contribution in [3.05, 3.63) is 29.4 Å². The maximum absolute atomic E-state index is 5.59. The molecule has 1 aliphatic rings. The molecule has 100 valence electrons. The lowest BCUT2D eigenvalue weighted by molar-refractivity contribution is 0.248. The maximum atomic E-state index is 5.59. The minimum atomic E-state index is 0.544. The Labute approximate surface area is 115 Å². The molecular weight excluding hydrogens is 260 g/mol. The summed E-state index contributed by atoms with van der Waals surface area (Å²) < 4.78 is 0. The average Bonchev–Trinajstić information content (AvgIpc) is 2.86. The zero-order valence-electron chi connectivity index (χ0n) is 10.6. The zero-order chi connectivity index (χ0) is 13.1. The van der Waals surface area contributed by atoms with Crippen LogP contribution in [0.25, 0.3) is 0 Å². The second kappa shape index (κ2) is 5.50. The minimum Gasteiger partial charge on any atom is -0.374 e. The van der Waals surface area contributed by atoms with Crippen LogP contribution in [0.15, 0.2) is 24.4 Å². The molecule has 0 atom stereocenters. The van der Waals surface area contributed by atoms with Crippen LogP contribution in [-0.4, -0.2) is 46.3 Å². The molecule has 2 aromatic heterocycles. The van der Waals surface area contributed by atoms with Gasteiger partial charge < -0.3 is 10.6 Å². The summed E-state index contributed by atoms with van der Waals surface area (Å²) in [4.78, 5) is 9.07. The highest BCUT2D eigenvalue weighted by Gasteiger charge is 2.18. The fraction of sp³-hybridized carbons (Fsp3) is 0.417. The van der Waals surface area contributed by atoms with E-state index in [9.17, 15) is 0 Å². The number of hydrogen-bond donors (Lipinski definition) is 1. The standard InChI is InChI=1S/C12H16N6S/c13-12-16-15-11(19-12)9-17-5-7-18(8-6-17)10-3-1-2-4-14-10/h1-4H,5-9H2,(H2,13,16). The first kappa shape index (κ1) is 12.3. The van der Waals surface area contributed by atoms with Gasteiger partial charge in [-0.25, -0.2) is 4.98 Å². The fourth-order valence-electron chi connectivity index (χ4n) is 2.20. The van der Waals surface area contributed by atoms with Crippen molar-refractivity contribution in [1.82, 2.24) is 20.1 Å². The highest BCUT2D eigenvalue weighted by atomic mass is 32.1. The van der Waals surface area contributed by atoms with Gasteiger partial charge in [0.25, 0.3) is 0 Å². The summed E-state index contributed by atoms with van der Waals surface area (Å²) in [6, 6.07) is 6.03. The largest absolute Gasteiger partial charge is 0.374 e. The van der Waals surface area contributed by atoms with Crippen molar-refractivity contribution < 1.29 is 0 Å². The number of pyridine rings is 1. The van der Waals surface area contributed by atoms with Gasteiger partial charge in [-0.2, -0.15) is 0 Å². The second-order valence-corrected chi connectivity index (χ2v) is 5.58. The highest BCUT2D eigenvalue weighted by Crippen LogP contribution is 2.16. The van der Waals surface area contributed by atoms with E-state index >= 15 is 0 Å².